The van der Waals surface area contributed by atoms with Crippen LogP contribution in [0.15, 0.2) is 12.1 Å². The first-order valence-corrected chi connectivity index (χ1v) is 8.37. The summed E-state index contributed by atoms with van der Waals surface area (Å²) in [6.07, 6.45) is 2.43. The molecular weight excluding hydrogens is 318 g/mol. The van der Waals surface area contributed by atoms with Crippen LogP contribution in [-0.2, 0) is 13.6 Å². The first kappa shape index (κ1) is 18.4. The number of piperidine rings is 3. The third kappa shape index (κ3) is 3.34. The minimum absolute atomic E-state index is 0. The summed E-state index contributed by atoms with van der Waals surface area (Å²) in [6.45, 7) is 3.89. The molecule has 25 heavy (non-hydrogen) atoms. The molecule has 3 saturated heterocycles. The third-order valence-corrected chi connectivity index (χ3v) is 5.41. The van der Waals surface area contributed by atoms with Gasteiger partial charge < -0.3 is 15.3 Å². The molecule has 2 N–H and O–H groups in total. The van der Waals surface area contributed by atoms with Gasteiger partial charge in [0.25, 0.3) is 0 Å². The van der Waals surface area contributed by atoms with Crippen molar-refractivity contribution < 1.29 is 14.3 Å². The van der Waals surface area contributed by atoms with Crippen LogP contribution in [0.25, 0.3) is 10.9 Å². The molecule has 3 aliphatic heterocycles. The number of fused-ring (bicyclic) bond motifs is 4. The monoisotopic (exact) mass is 340 g/mol. The van der Waals surface area contributed by atoms with Gasteiger partial charge >= 0.3 is 24.8 Å². The molecular formula is C17H22FLiN4O2. The van der Waals surface area contributed by atoms with E-state index in [1.54, 1.807) is 11.7 Å². The van der Waals surface area contributed by atoms with Gasteiger partial charge in [0.1, 0.15) is 5.82 Å². The molecule has 1 aromatic heterocycles. The molecule has 8 heteroatoms. The fourth-order valence-electron chi connectivity index (χ4n) is 4.15. The maximum atomic E-state index is 13.7. The van der Waals surface area contributed by atoms with Crippen LogP contribution in [0.5, 0.6) is 0 Å². The third-order valence-electron chi connectivity index (χ3n) is 5.41. The summed E-state index contributed by atoms with van der Waals surface area (Å²) in [5.41, 5.74) is 1.16. The second kappa shape index (κ2) is 7.08. The van der Waals surface area contributed by atoms with E-state index in [1.807, 2.05) is 0 Å². The van der Waals surface area contributed by atoms with Crippen LogP contribution in [0.1, 0.15) is 28.9 Å². The molecule has 0 spiro atoms. The van der Waals surface area contributed by atoms with Crippen LogP contribution in [0.2, 0.25) is 0 Å². The van der Waals surface area contributed by atoms with Gasteiger partial charge in [0, 0.05) is 31.6 Å². The molecule has 1 unspecified atom stereocenters. The topological polar surface area (TPSA) is 70.4 Å². The molecule has 1 aromatic carbocycles. The second-order valence-corrected chi connectivity index (χ2v) is 6.85. The van der Waals surface area contributed by atoms with Crippen LogP contribution < -0.4 is 5.32 Å². The Morgan fingerprint density at radius 3 is 2.72 bits per heavy atom. The van der Waals surface area contributed by atoms with Crippen molar-refractivity contribution in [3.63, 3.8) is 0 Å². The molecule has 0 aliphatic carbocycles. The van der Waals surface area contributed by atoms with Gasteiger partial charge in [0.15, 0.2) is 0 Å². The average Bonchev–Trinajstić information content (AvgIpc) is 2.89. The predicted molar refractivity (Wildman–Crippen MR) is 94.6 cm³/mol. The summed E-state index contributed by atoms with van der Waals surface area (Å²) < 4.78 is 15.3. The van der Waals surface area contributed by atoms with E-state index in [-0.39, 0.29) is 24.4 Å². The summed E-state index contributed by atoms with van der Waals surface area (Å²) in [6, 6.07) is 2.83. The number of aryl methyl sites for hydroxylation is 1. The summed E-state index contributed by atoms with van der Waals surface area (Å²) in [5, 5.41) is 17.9. The van der Waals surface area contributed by atoms with Crippen molar-refractivity contribution in [2.24, 2.45) is 13.0 Å². The molecule has 0 amide bonds. The Morgan fingerprint density at radius 1 is 1.40 bits per heavy atom. The number of benzene rings is 1. The zero-order chi connectivity index (χ0) is 16.8. The number of halogens is 1. The Bertz CT molecular complexity index is 802. The molecule has 5 rings (SSSR count). The van der Waals surface area contributed by atoms with Crippen LogP contribution in [0, 0.1) is 11.7 Å². The van der Waals surface area contributed by atoms with E-state index < -0.39 is 11.8 Å². The Morgan fingerprint density at radius 2 is 2.12 bits per heavy atom. The van der Waals surface area contributed by atoms with E-state index in [1.165, 1.54) is 32.0 Å². The van der Waals surface area contributed by atoms with Crippen molar-refractivity contribution in [3.05, 3.63) is 29.2 Å². The average molecular weight is 340 g/mol. The zero-order valence-electron chi connectivity index (χ0n) is 13.6. The number of nitrogens with zero attached hydrogens (tertiary/aromatic N) is 3. The number of hydrogen-bond donors (Lipinski definition) is 2. The number of aromatic carboxylic acids is 1. The first-order valence-electron chi connectivity index (χ1n) is 8.37. The molecule has 2 aromatic rings. The fraction of sp³-hybridized carbons (Fsp3) is 0.529. The van der Waals surface area contributed by atoms with Crippen LogP contribution >= 0.6 is 0 Å². The fourth-order valence-corrected chi connectivity index (χ4v) is 4.15. The van der Waals surface area contributed by atoms with E-state index in [0.717, 1.165) is 12.6 Å². The molecule has 2 bridgehead atoms. The van der Waals surface area contributed by atoms with Gasteiger partial charge in [-0.05, 0) is 44.0 Å². The van der Waals surface area contributed by atoms with Gasteiger partial charge in [0.2, 0.25) is 0 Å². The normalized spacial score (nSPS) is 25.1. The summed E-state index contributed by atoms with van der Waals surface area (Å²) >= 11 is 0. The van der Waals surface area contributed by atoms with E-state index in [2.05, 4.69) is 15.3 Å². The maximum absolute atomic E-state index is 13.7. The molecule has 3 fully saturated rings. The predicted octanol–water partition coefficient (Wildman–Crippen LogP) is 0.946. The Balaban J connectivity index is 0.00000182. The van der Waals surface area contributed by atoms with Gasteiger partial charge in [-0.2, -0.15) is 5.10 Å². The number of carboxylic acids is 1. The van der Waals surface area contributed by atoms with E-state index in [4.69, 9.17) is 0 Å². The Kier molecular flexibility index (Phi) is 5.21. The number of aromatic nitrogens is 2. The molecule has 1 atom stereocenters. The SMILES string of the molecule is Cn1nc(CNC2CN3CCC2CC3)c2c(C(=O)O)cc(F)cc21.[LiH]. The summed E-state index contributed by atoms with van der Waals surface area (Å²) in [4.78, 5) is 14.0. The molecule has 0 saturated carbocycles. The van der Waals surface area contributed by atoms with Crippen molar-refractivity contribution >= 4 is 35.7 Å². The van der Waals surface area contributed by atoms with Gasteiger partial charge in [-0.3, -0.25) is 4.68 Å². The quantitative estimate of drug-likeness (QED) is 0.811. The van der Waals surface area contributed by atoms with Crippen molar-refractivity contribution in [2.45, 2.75) is 25.4 Å². The zero-order valence-corrected chi connectivity index (χ0v) is 13.6. The number of rotatable bonds is 4. The minimum atomic E-state index is -1.13. The van der Waals surface area contributed by atoms with Crippen LogP contribution in [-0.4, -0.2) is 70.3 Å². The van der Waals surface area contributed by atoms with Gasteiger partial charge in [-0.15, -0.1) is 0 Å². The van der Waals surface area contributed by atoms with Crippen molar-refractivity contribution in [1.29, 1.82) is 0 Å². The summed E-state index contributed by atoms with van der Waals surface area (Å²) in [5.74, 6) is -1.00. The van der Waals surface area contributed by atoms with Crippen LogP contribution in [0.4, 0.5) is 4.39 Å². The molecule has 4 heterocycles. The van der Waals surface area contributed by atoms with E-state index >= 15 is 0 Å². The number of hydrogen-bond acceptors (Lipinski definition) is 4. The van der Waals surface area contributed by atoms with Crippen molar-refractivity contribution in [3.8, 4) is 0 Å². The number of carbonyl (C=O) groups is 1. The summed E-state index contributed by atoms with van der Waals surface area (Å²) in [7, 11) is 1.71. The molecule has 6 nitrogen and oxygen atoms in total. The van der Waals surface area contributed by atoms with Gasteiger partial charge in [0.05, 0.1) is 16.8 Å². The first-order chi connectivity index (χ1) is 11.5. The molecule has 130 valence electrons. The van der Waals surface area contributed by atoms with Crippen LogP contribution in [0.3, 0.4) is 0 Å². The van der Waals surface area contributed by atoms with E-state index in [0.29, 0.717) is 35.1 Å². The van der Waals surface area contributed by atoms with E-state index in [9.17, 15) is 14.3 Å². The Labute approximate surface area is 157 Å². The van der Waals surface area contributed by atoms with Gasteiger partial charge in [-0.1, -0.05) is 0 Å². The van der Waals surface area contributed by atoms with Gasteiger partial charge in [-0.25, -0.2) is 9.18 Å². The molecule has 0 radical (unpaired) electrons. The standard InChI is InChI=1S/C17H21FN4O2.Li.H/c1-21-15-7-11(18)6-12(17(23)24)16(15)13(20-21)8-19-14-9-22-4-2-10(14)3-5-22;;/h6-7,10,14,19H,2-5,8-9H2,1H3,(H,23,24);;. The van der Waals surface area contributed by atoms with Crippen molar-refractivity contribution in [1.82, 2.24) is 20.0 Å². The second-order valence-electron chi connectivity index (χ2n) is 6.85. The molecule has 3 aliphatic rings. The Hall–Kier alpha value is -1.39. The number of nitrogens with one attached hydrogen (secondary N) is 1. The number of carboxylic acid groups (broad SMARTS) is 1. The van der Waals surface area contributed by atoms with Crippen molar-refractivity contribution in [2.75, 3.05) is 19.6 Å².